The molecule has 20 heavy (non-hydrogen) atoms. The van der Waals surface area contributed by atoms with Gasteiger partial charge in [0.15, 0.2) is 5.78 Å². The number of benzene rings is 1. The zero-order valence-electron chi connectivity index (χ0n) is 11.4. The number of anilines is 1. The van der Waals surface area contributed by atoms with Gasteiger partial charge >= 0.3 is 0 Å². The van der Waals surface area contributed by atoms with Crippen LogP contribution in [0.15, 0.2) is 12.1 Å². The van der Waals surface area contributed by atoms with E-state index in [2.05, 4.69) is 0 Å². The Kier molecular flexibility index (Phi) is 3.46. The number of ether oxygens (including phenoxy) is 1. The van der Waals surface area contributed by atoms with Crippen molar-refractivity contribution in [3.8, 4) is 0 Å². The molecule has 2 atom stereocenters. The number of ketones is 1. The summed E-state index contributed by atoms with van der Waals surface area (Å²) in [6, 6.07) is 2.25. The highest BCUT2D eigenvalue weighted by Crippen LogP contribution is 2.35. The summed E-state index contributed by atoms with van der Waals surface area (Å²) in [5.41, 5.74) is 0.0631. The summed E-state index contributed by atoms with van der Waals surface area (Å²) in [5.74, 6) is -0.868. The van der Waals surface area contributed by atoms with Crippen LogP contribution in [0.2, 0.25) is 0 Å². The van der Waals surface area contributed by atoms with Gasteiger partial charge in [-0.3, -0.25) is 4.79 Å². The molecule has 5 heteroatoms. The fraction of sp³-hybridized carbons (Fsp3) is 0.533. The first-order valence-electron chi connectivity index (χ1n) is 6.89. The number of rotatable bonds is 2. The molecule has 2 heterocycles. The second-order valence-corrected chi connectivity index (χ2v) is 5.63. The summed E-state index contributed by atoms with van der Waals surface area (Å²) < 4.78 is 33.7. The molecule has 3 nitrogen and oxygen atoms in total. The van der Waals surface area contributed by atoms with Gasteiger partial charge in [0.2, 0.25) is 0 Å². The number of nitrogens with zero attached hydrogens (tertiary/aromatic N) is 1. The van der Waals surface area contributed by atoms with Crippen LogP contribution in [-0.4, -0.2) is 32.1 Å². The number of fused-ring (bicyclic) bond motifs is 1. The van der Waals surface area contributed by atoms with Crippen LogP contribution in [0.4, 0.5) is 14.5 Å². The maximum atomic E-state index is 14.1. The maximum absolute atomic E-state index is 14.1. The molecule has 0 amide bonds. The predicted octanol–water partition coefficient (Wildman–Crippen LogP) is 2.64. The van der Waals surface area contributed by atoms with E-state index in [9.17, 15) is 13.6 Å². The van der Waals surface area contributed by atoms with E-state index in [1.807, 2.05) is 0 Å². The van der Waals surface area contributed by atoms with Gasteiger partial charge in [0.05, 0.1) is 6.61 Å². The Morgan fingerprint density at radius 3 is 2.50 bits per heavy atom. The Balaban J connectivity index is 1.89. The van der Waals surface area contributed by atoms with E-state index in [-0.39, 0.29) is 17.0 Å². The molecule has 2 fully saturated rings. The van der Waals surface area contributed by atoms with Crippen molar-refractivity contribution in [2.75, 3.05) is 31.2 Å². The van der Waals surface area contributed by atoms with E-state index >= 15 is 0 Å². The van der Waals surface area contributed by atoms with Crippen molar-refractivity contribution in [2.45, 2.75) is 13.3 Å². The molecule has 0 aromatic heterocycles. The number of hydrogen-bond acceptors (Lipinski definition) is 3. The first-order chi connectivity index (χ1) is 9.56. The van der Waals surface area contributed by atoms with Gasteiger partial charge in [-0.2, -0.15) is 0 Å². The Morgan fingerprint density at radius 1 is 1.25 bits per heavy atom. The second-order valence-electron chi connectivity index (χ2n) is 5.63. The third-order valence-corrected chi connectivity index (χ3v) is 4.28. The highest BCUT2D eigenvalue weighted by molar-refractivity contribution is 5.94. The third kappa shape index (κ3) is 2.30. The SMILES string of the molecule is CC(=O)c1cc(F)c(N2CC3CCOCC3C2)c(F)c1. The molecular formula is C15H17F2NO2. The Hall–Kier alpha value is -1.49. The van der Waals surface area contributed by atoms with Gasteiger partial charge in [-0.15, -0.1) is 0 Å². The highest BCUT2D eigenvalue weighted by Gasteiger charge is 2.37. The lowest BCUT2D eigenvalue weighted by Crippen LogP contribution is -2.25. The summed E-state index contributed by atoms with van der Waals surface area (Å²) in [6.07, 6.45) is 0.940. The lowest BCUT2D eigenvalue weighted by atomic mass is 9.92. The zero-order valence-corrected chi connectivity index (χ0v) is 11.4. The van der Waals surface area contributed by atoms with Crippen LogP contribution in [0.3, 0.4) is 0 Å². The Labute approximate surface area is 116 Å². The molecule has 0 radical (unpaired) electrons. The van der Waals surface area contributed by atoms with Crippen molar-refractivity contribution in [2.24, 2.45) is 11.8 Å². The van der Waals surface area contributed by atoms with Crippen LogP contribution in [0.25, 0.3) is 0 Å². The van der Waals surface area contributed by atoms with Crippen LogP contribution in [-0.2, 0) is 4.74 Å². The Bertz CT molecular complexity index is 510. The number of halogens is 2. The largest absolute Gasteiger partial charge is 0.381 e. The summed E-state index contributed by atoms with van der Waals surface area (Å²) in [5, 5.41) is 0. The maximum Gasteiger partial charge on any atom is 0.160 e. The molecular weight excluding hydrogens is 264 g/mol. The topological polar surface area (TPSA) is 29.5 Å². The average Bonchev–Trinajstić information content (AvgIpc) is 2.80. The molecule has 2 aliphatic heterocycles. The number of Topliss-reactive ketones (excluding diaryl/α,β-unsaturated/α-hetero) is 1. The monoisotopic (exact) mass is 281 g/mol. The summed E-state index contributed by atoms with van der Waals surface area (Å²) >= 11 is 0. The van der Waals surface area contributed by atoms with E-state index in [4.69, 9.17) is 4.74 Å². The van der Waals surface area contributed by atoms with Crippen molar-refractivity contribution in [3.63, 3.8) is 0 Å². The molecule has 2 saturated heterocycles. The van der Waals surface area contributed by atoms with E-state index in [0.717, 1.165) is 25.2 Å². The van der Waals surface area contributed by atoms with Gasteiger partial charge in [0.25, 0.3) is 0 Å². The van der Waals surface area contributed by atoms with Crippen molar-refractivity contribution in [1.29, 1.82) is 0 Å². The molecule has 0 aliphatic carbocycles. The van der Waals surface area contributed by atoms with Crippen LogP contribution in [0.1, 0.15) is 23.7 Å². The summed E-state index contributed by atoms with van der Waals surface area (Å²) in [4.78, 5) is 13.0. The molecule has 0 bridgehead atoms. The predicted molar refractivity (Wildman–Crippen MR) is 71.0 cm³/mol. The van der Waals surface area contributed by atoms with Crippen LogP contribution in [0.5, 0.6) is 0 Å². The van der Waals surface area contributed by atoms with Gasteiger partial charge in [-0.1, -0.05) is 0 Å². The van der Waals surface area contributed by atoms with Gasteiger partial charge in [0.1, 0.15) is 17.3 Å². The fourth-order valence-corrected chi connectivity index (χ4v) is 3.18. The molecule has 2 unspecified atom stereocenters. The van der Waals surface area contributed by atoms with Gasteiger partial charge in [-0.25, -0.2) is 8.78 Å². The standard InChI is InChI=1S/C15H17F2NO2/c1-9(19)11-4-13(16)15(14(17)5-11)18-6-10-2-3-20-8-12(10)7-18/h4-5,10,12H,2-3,6-8H2,1H3. The molecule has 108 valence electrons. The molecule has 1 aromatic carbocycles. The first kappa shape index (κ1) is 13.5. The lowest BCUT2D eigenvalue weighted by Gasteiger charge is -2.23. The fourth-order valence-electron chi connectivity index (χ4n) is 3.18. The number of hydrogen-bond donors (Lipinski definition) is 0. The normalized spacial score (nSPS) is 25.6. The van der Waals surface area contributed by atoms with Crippen molar-refractivity contribution < 1.29 is 18.3 Å². The Morgan fingerprint density at radius 2 is 1.90 bits per heavy atom. The third-order valence-electron chi connectivity index (χ3n) is 4.28. The lowest BCUT2D eigenvalue weighted by molar-refractivity contribution is 0.0373. The van der Waals surface area contributed by atoms with Crippen molar-refractivity contribution >= 4 is 11.5 Å². The highest BCUT2D eigenvalue weighted by atomic mass is 19.1. The summed E-state index contributed by atoms with van der Waals surface area (Å²) in [7, 11) is 0. The smallest absolute Gasteiger partial charge is 0.160 e. The van der Waals surface area contributed by atoms with Crippen molar-refractivity contribution in [3.05, 3.63) is 29.3 Å². The van der Waals surface area contributed by atoms with Gasteiger partial charge in [-0.05, 0) is 31.4 Å². The number of carbonyl (C=O) groups is 1. The minimum Gasteiger partial charge on any atom is -0.381 e. The van der Waals surface area contributed by atoms with Crippen molar-refractivity contribution in [1.82, 2.24) is 0 Å². The average molecular weight is 281 g/mol. The minimum absolute atomic E-state index is 0.00981. The quantitative estimate of drug-likeness (QED) is 0.781. The van der Waals surface area contributed by atoms with E-state index < -0.39 is 11.6 Å². The van der Waals surface area contributed by atoms with Gasteiger partial charge in [0, 0.05) is 31.2 Å². The molecule has 1 aromatic rings. The summed E-state index contributed by atoms with van der Waals surface area (Å²) in [6.45, 7) is 3.95. The van der Waals surface area contributed by atoms with Gasteiger partial charge < -0.3 is 9.64 Å². The minimum atomic E-state index is -0.658. The number of carbonyl (C=O) groups excluding carboxylic acids is 1. The van der Waals surface area contributed by atoms with E-state index in [0.29, 0.717) is 31.5 Å². The van der Waals surface area contributed by atoms with Crippen LogP contribution >= 0.6 is 0 Å². The molecule has 0 spiro atoms. The van der Waals surface area contributed by atoms with E-state index in [1.165, 1.54) is 6.92 Å². The zero-order chi connectivity index (χ0) is 14.3. The molecule has 0 N–H and O–H groups in total. The molecule has 0 saturated carbocycles. The van der Waals surface area contributed by atoms with E-state index in [1.54, 1.807) is 4.90 Å². The first-order valence-corrected chi connectivity index (χ1v) is 6.89. The molecule has 3 rings (SSSR count). The second kappa shape index (κ2) is 5.13. The van der Waals surface area contributed by atoms with Crippen LogP contribution in [0, 0.1) is 23.5 Å². The molecule has 2 aliphatic rings. The van der Waals surface area contributed by atoms with Crippen LogP contribution < -0.4 is 4.90 Å².